The van der Waals surface area contributed by atoms with Crippen molar-refractivity contribution in [2.75, 3.05) is 11.9 Å². The maximum atomic E-state index is 14.6. The standard InChI is InChI=1S/C24H27BrF2N2O3/c25-17-8-6-15(7-9-17)10-11-28-21-14-19(26)18(13-20(21)27)23(30)29-22(24(31)32)12-16-4-2-1-3-5-16/h6-9,13-14,16,22,28H,1-5,10-12H2,(H,29,30)(H,31,32)/t22-/m0/s1. The van der Waals surface area contributed by atoms with Gasteiger partial charge < -0.3 is 15.7 Å². The molecule has 1 atom stereocenters. The molecule has 32 heavy (non-hydrogen) atoms. The van der Waals surface area contributed by atoms with Gasteiger partial charge in [-0.15, -0.1) is 0 Å². The minimum Gasteiger partial charge on any atom is -0.480 e. The summed E-state index contributed by atoms with van der Waals surface area (Å²) in [4.78, 5) is 24.1. The van der Waals surface area contributed by atoms with E-state index >= 15 is 0 Å². The Morgan fingerprint density at radius 2 is 1.75 bits per heavy atom. The minimum absolute atomic E-state index is 0.0480. The van der Waals surface area contributed by atoms with E-state index < -0.39 is 35.1 Å². The number of aliphatic carboxylic acids is 1. The molecule has 0 radical (unpaired) electrons. The molecule has 3 N–H and O–H groups in total. The predicted octanol–water partition coefficient (Wildman–Crippen LogP) is 5.54. The highest BCUT2D eigenvalue weighted by atomic mass is 79.9. The second-order valence-electron chi connectivity index (χ2n) is 8.22. The average molecular weight is 509 g/mol. The zero-order valence-electron chi connectivity index (χ0n) is 17.7. The van der Waals surface area contributed by atoms with E-state index in [1.165, 1.54) is 0 Å². The monoisotopic (exact) mass is 508 g/mol. The van der Waals surface area contributed by atoms with Crippen molar-refractivity contribution in [3.63, 3.8) is 0 Å². The third-order valence-electron chi connectivity index (χ3n) is 5.84. The Hall–Kier alpha value is -2.48. The maximum absolute atomic E-state index is 14.6. The first kappa shape index (κ1) is 24.2. The van der Waals surface area contributed by atoms with Crippen LogP contribution in [0, 0.1) is 17.6 Å². The van der Waals surface area contributed by atoms with Crippen LogP contribution in [0.3, 0.4) is 0 Å². The van der Waals surface area contributed by atoms with Crippen molar-refractivity contribution in [1.82, 2.24) is 5.32 Å². The fourth-order valence-electron chi connectivity index (χ4n) is 4.06. The molecule has 0 saturated heterocycles. The first-order chi connectivity index (χ1) is 15.3. The lowest BCUT2D eigenvalue weighted by Crippen LogP contribution is -2.42. The van der Waals surface area contributed by atoms with Gasteiger partial charge in [0.2, 0.25) is 0 Å². The predicted molar refractivity (Wildman–Crippen MR) is 123 cm³/mol. The number of carboxylic acids is 1. The summed E-state index contributed by atoms with van der Waals surface area (Å²) in [5.41, 5.74) is 0.485. The topological polar surface area (TPSA) is 78.4 Å². The zero-order chi connectivity index (χ0) is 23.1. The molecule has 0 aliphatic heterocycles. The summed E-state index contributed by atoms with van der Waals surface area (Å²) >= 11 is 3.36. The number of hydrogen-bond acceptors (Lipinski definition) is 3. The van der Waals surface area contributed by atoms with Crippen LogP contribution in [0.4, 0.5) is 14.5 Å². The number of halogens is 3. The van der Waals surface area contributed by atoms with Crippen molar-refractivity contribution in [3.05, 3.63) is 63.6 Å². The first-order valence-corrected chi connectivity index (χ1v) is 11.6. The molecule has 1 aliphatic carbocycles. The van der Waals surface area contributed by atoms with Gasteiger partial charge in [-0.05, 0) is 42.5 Å². The lowest BCUT2D eigenvalue weighted by Gasteiger charge is -2.25. The second-order valence-corrected chi connectivity index (χ2v) is 9.13. The fraction of sp³-hybridized carbons (Fsp3) is 0.417. The quantitative estimate of drug-likeness (QED) is 0.415. The number of amides is 1. The van der Waals surface area contributed by atoms with Crippen LogP contribution < -0.4 is 10.6 Å². The van der Waals surface area contributed by atoms with E-state index in [1.54, 1.807) is 0 Å². The van der Waals surface area contributed by atoms with E-state index in [9.17, 15) is 23.5 Å². The van der Waals surface area contributed by atoms with Gasteiger partial charge in [-0.1, -0.05) is 60.2 Å². The van der Waals surface area contributed by atoms with Crippen LogP contribution in [0.15, 0.2) is 40.9 Å². The van der Waals surface area contributed by atoms with Crippen molar-refractivity contribution in [2.45, 2.75) is 51.0 Å². The Morgan fingerprint density at radius 3 is 2.41 bits per heavy atom. The highest BCUT2D eigenvalue weighted by molar-refractivity contribution is 9.10. The van der Waals surface area contributed by atoms with Gasteiger partial charge in [-0.2, -0.15) is 0 Å². The molecule has 0 unspecified atom stereocenters. The van der Waals surface area contributed by atoms with E-state index in [1.807, 2.05) is 24.3 Å². The Bertz CT molecular complexity index is 947. The van der Waals surface area contributed by atoms with Crippen LogP contribution in [-0.2, 0) is 11.2 Å². The number of benzene rings is 2. The lowest BCUT2D eigenvalue weighted by molar-refractivity contribution is -0.139. The molecule has 2 aromatic carbocycles. The molecule has 5 nitrogen and oxygen atoms in total. The van der Waals surface area contributed by atoms with Gasteiger partial charge in [0.25, 0.3) is 5.91 Å². The van der Waals surface area contributed by atoms with E-state index in [0.717, 1.165) is 54.3 Å². The summed E-state index contributed by atoms with van der Waals surface area (Å²) in [5.74, 6) is -3.56. The van der Waals surface area contributed by atoms with Crippen LogP contribution in [0.1, 0.15) is 54.4 Å². The first-order valence-electron chi connectivity index (χ1n) is 10.8. The Morgan fingerprint density at radius 1 is 1.06 bits per heavy atom. The van der Waals surface area contributed by atoms with Gasteiger partial charge >= 0.3 is 5.97 Å². The smallest absolute Gasteiger partial charge is 0.326 e. The van der Waals surface area contributed by atoms with Crippen LogP contribution >= 0.6 is 15.9 Å². The Balaban J connectivity index is 1.61. The molecule has 1 aliphatic rings. The van der Waals surface area contributed by atoms with E-state index in [0.29, 0.717) is 19.4 Å². The zero-order valence-corrected chi connectivity index (χ0v) is 19.3. The molecule has 2 aromatic rings. The number of nitrogens with one attached hydrogen (secondary N) is 2. The summed E-state index contributed by atoms with van der Waals surface area (Å²) in [6, 6.07) is 8.29. The highest BCUT2D eigenvalue weighted by Gasteiger charge is 2.27. The fourth-order valence-corrected chi connectivity index (χ4v) is 4.33. The Labute approximate surface area is 194 Å². The van der Waals surface area contributed by atoms with Gasteiger partial charge in [0.15, 0.2) is 0 Å². The van der Waals surface area contributed by atoms with Gasteiger partial charge in [-0.3, -0.25) is 4.79 Å². The highest BCUT2D eigenvalue weighted by Crippen LogP contribution is 2.28. The third-order valence-corrected chi connectivity index (χ3v) is 6.37. The van der Waals surface area contributed by atoms with E-state index in [-0.39, 0.29) is 11.6 Å². The largest absolute Gasteiger partial charge is 0.480 e. The summed E-state index contributed by atoms with van der Waals surface area (Å²) in [7, 11) is 0. The van der Waals surface area contributed by atoms with E-state index in [4.69, 9.17) is 0 Å². The number of carbonyl (C=O) groups excluding carboxylic acids is 1. The average Bonchev–Trinajstić information content (AvgIpc) is 2.77. The molecule has 0 heterocycles. The number of carboxylic acid groups (broad SMARTS) is 1. The summed E-state index contributed by atoms with van der Waals surface area (Å²) in [6.07, 6.45) is 5.96. The van der Waals surface area contributed by atoms with Crippen molar-refractivity contribution < 1.29 is 23.5 Å². The van der Waals surface area contributed by atoms with Crippen molar-refractivity contribution in [1.29, 1.82) is 0 Å². The van der Waals surface area contributed by atoms with Gasteiger partial charge in [-0.25, -0.2) is 13.6 Å². The number of hydrogen-bond donors (Lipinski definition) is 3. The Kier molecular flexibility index (Phi) is 8.61. The summed E-state index contributed by atoms with van der Waals surface area (Å²) in [6.45, 7) is 0.381. The summed E-state index contributed by atoms with van der Waals surface area (Å²) < 4.78 is 30.0. The maximum Gasteiger partial charge on any atom is 0.326 e. The van der Waals surface area contributed by atoms with Crippen LogP contribution in [0.2, 0.25) is 0 Å². The molecule has 0 spiro atoms. The van der Waals surface area contributed by atoms with Crippen LogP contribution in [0.25, 0.3) is 0 Å². The van der Waals surface area contributed by atoms with Crippen molar-refractivity contribution in [2.24, 2.45) is 5.92 Å². The lowest BCUT2D eigenvalue weighted by atomic mass is 9.85. The third kappa shape index (κ3) is 6.76. The number of carbonyl (C=O) groups is 2. The molecule has 3 rings (SSSR count). The summed E-state index contributed by atoms with van der Waals surface area (Å²) in [5, 5.41) is 14.7. The van der Waals surface area contributed by atoms with Crippen molar-refractivity contribution in [3.8, 4) is 0 Å². The molecule has 0 aromatic heterocycles. The molecule has 8 heteroatoms. The molecular formula is C24H27BrF2N2O3. The van der Waals surface area contributed by atoms with Gasteiger partial charge in [0, 0.05) is 17.1 Å². The second kappa shape index (κ2) is 11.4. The van der Waals surface area contributed by atoms with E-state index in [2.05, 4.69) is 26.6 Å². The normalized spacial score (nSPS) is 15.2. The van der Waals surface area contributed by atoms with Gasteiger partial charge in [0.05, 0.1) is 11.3 Å². The molecular weight excluding hydrogens is 482 g/mol. The molecule has 1 saturated carbocycles. The number of anilines is 1. The SMILES string of the molecule is O=C(N[C@@H](CC1CCCCC1)C(=O)O)c1cc(F)c(NCCc2ccc(Br)cc2)cc1F. The van der Waals surface area contributed by atoms with Crippen molar-refractivity contribution >= 4 is 33.5 Å². The van der Waals surface area contributed by atoms with Crippen LogP contribution in [0.5, 0.6) is 0 Å². The number of rotatable bonds is 9. The molecule has 172 valence electrons. The van der Waals surface area contributed by atoms with Gasteiger partial charge in [0.1, 0.15) is 17.7 Å². The molecule has 0 bridgehead atoms. The van der Waals surface area contributed by atoms with Crippen LogP contribution in [-0.4, -0.2) is 29.6 Å². The minimum atomic E-state index is -1.17. The molecule has 1 fully saturated rings. The molecule has 1 amide bonds.